The fraction of sp³-hybridized carbons (Fsp3) is 0.333. The molecule has 9 heteroatoms. The SMILES string of the molecule is CCNC(=O)C(CC)N(Cc1ccccc1)C(=O)CN(c1cc(C)ccc1OC)S(=O)(=O)c1ccc(C)cc1. The number of likely N-dealkylation sites (N-methyl/N-ethyl adjacent to an activating group) is 1. The number of anilines is 1. The number of hydrogen-bond donors (Lipinski definition) is 1. The molecular formula is C30H37N3O5S. The summed E-state index contributed by atoms with van der Waals surface area (Å²) in [6.07, 6.45) is 0.364. The van der Waals surface area contributed by atoms with Gasteiger partial charge in [0.05, 0.1) is 17.7 Å². The van der Waals surface area contributed by atoms with Gasteiger partial charge < -0.3 is 15.0 Å². The Morgan fingerprint density at radius 3 is 2.15 bits per heavy atom. The summed E-state index contributed by atoms with van der Waals surface area (Å²) in [4.78, 5) is 28.6. The topological polar surface area (TPSA) is 96.0 Å². The van der Waals surface area contributed by atoms with Crippen LogP contribution >= 0.6 is 0 Å². The van der Waals surface area contributed by atoms with Crippen molar-refractivity contribution in [1.29, 1.82) is 0 Å². The number of amides is 2. The molecule has 39 heavy (non-hydrogen) atoms. The monoisotopic (exact) mass is 551 g/mol. The van der Waals surface area contributed by atoms with E-state index >= 15 is 0 Å². The van der Waals surface area contributed by atoms with Crippen LogP contribution in [0.3, 0.4) is 0 Å². The fourth-order valence-corrected chi connectivity index (χ4v) is 5.75. The number of sulfonamides is 1. The summed E-state index contributed by atoms with van der Waals surface area (Å²) in [5, 5.41) is 2.81. The average Bonchev–Trinajstić information content (AvgIpc) is 2.92. The molecular weight excluding hydrogens is 514 g/mol. The van der Waals surface area contributed by atoms with Crippen molar-refractivity contribution in [2.45, 2.75) is 51.6 Å². The number of rotatable bonds is 12. The molecule has 1 N–H and O–H groups in total. The zero-order chi connectivity index (χ0) is 28.6. The lowest BCUT2D eigenvalue weighted by Crippen LogP contribution is -2.52. The van der Waals surface area contributed by atoms with Crippen molar-refractivity contribution in [2.24, 2.45) is 0 Å². The first-order valence-corrected chi connectivity index (χ1v) is 14.4. The summed E-state index contributed by atoms with van der Waals surface area (Å²) in [5.41, 5.74) is 2.79. The summed E-state index contributed by atoms with van der Waals surface area (Å²) in [6.45, 7) is 7.40. The summed E-state index contributed by atoms with van der Waals surface area (Å²) < 4.78 is 34.7. The molecule has 0 aliphatic rings. The Bertz CT molecular complexity index is 1380. The molecule has 3 aromatic carbocycles. The fourth-order valence-electron chi connectivity index (χ4n) is 4.34. The Labute approximate surface area is 231 Å². The first-order valence-electron chi connectivity index (χ1n) is 13.0. The lowest BCUT2D eigenvalue weighted by molar-refractivity contribution is -0.140. The van der Waals surface area contributed by atoms with Crippen LogP contribution in [-0.2, 0) is 26.2 Å². The van der Waals surface area contributed by atoms with Crippen molar-refractivity contribution in [3.8, 4) is 5.75 Å². The maximum absolute atomic E-state index is 14.1. The van der Waals surface area contributed by atoms with Gasteiger partial charge in [0.2, 0.25) is 11.8 Å². The van der Waals surface area contributed by atoms with Crippen LogP contribution in [0.25, 0.3) is 0 Å². The van der Waals surface area contributed by atoms with Gasteiger partial charge in [-0.25, -0.2) is 8.42 Å². The second-order valence-corrected chi connectivity index (χ2v) is 11.2. The Kier molecular flexibility index (Phi) is 10.1. The minimum Gasteiger partial charge on any atom is -0.495 e. The van der Waals surface area contributed by atoms with E-state index in [-0.39, 0.29) is 23.0 Å². The molecule has 1 unspecified atom stereocenters. The van der Waals surface area contributed by atoms with E-state index in [1.807, 2.05) is 64.1 Å². The highest BCUT2D eigenvalue weighted by Gasteiger charge is 2.34. The van der Waals surface area contributed by atoms with E-state index in [0.29, 0.717) is 18.7 Å². The summed E-state index contributed by atoms with van der Waals surface area (Å²) >= 11 is 0. The Morgan fingerprint density at radius 1 is 0.923 bits per heavy atom. The molecule has 0 aromatic heterocycles. The van der Waals surface area contributed by atoms with Crippen LogP contribution in [0.15, 0.2) is 77.7 Å². The van der Waals surface area contributed by atoms with Crippen LogP contribution in [0, 0.1) is 13.8 Å². The molecule has 1 atom stereocenters. The number of carbonyl (C=O) groups excluding carboxylic acids is 2. The largest absolute Gasteiger partial charge is 0.495 e. The van der Waals surface area contributed by atoms with Crippen LogP contribution in [0.5, 0.6) is 5.75 Å². The molecule has 3 aromatic rings. The first-order chi connectivity index (χ1) is 18.6. The second kappa shape index (κ2) is 13.3. The molecule has 8 nitrogen and oxygen atoms in total. The third kappa shape index (κ3) is 7.17. The van der Waals surface area contributed by atoms with Gasteiger partial charge in [0.1, 0.15) is 18.3 Å². The van der Waals surface area contributed by atoms with Crippen LogP contribution in [0.4, 0.5) is 5.69 Å². The van der Waals surface area contributed by atoms with Gasteiger partial charge in [-0.3, -0.25) is 13.9 Å². The van der Waals surface area contributed by atoms with E-state index in [0.717, 1.165) is 21.0 Å². The van der Waals surface area contributed by atoms with Crippen molar-refractivity contribution in [3.63, 3.8) is 0 Å². The van der Waals surface area contributed by atoms with Gasteiger partial charge in [0, 0.05) is 13.1 Å². The van der Waals surface area contributed by atoms with E-state index in [2.05, 4.69) is 5.32 Å². The predicted molar refractivity (Wildman–Crippen MR) is 153 cm³/mol. The highest BCUT2D eigenvalue weighted by molar-refractivity contribution is 7.92. The molecule has 0 fully saturated rings. The van der Waals surface area contributed by atoms with Gasteiger partial charge in [-0.2, -0.15) is 0 Å². The Balaban J connectivity index is 2.12. The average molecular weight is 552 g/mol. The molecule has 0 aliphatic heterocycles. The number of nitrogens with one attached hydrogen (secondary N) is 1. The Morgan fingerprint density at radius 2 is 1.56 bits per heavy atom. The zero-order valence-electron chi connectivity index (χ0n) is 23.2. The quantitative estimate of drug-likeness (QED) is 0.359. The minimum absolute atomic E-state index is 0.0508. The van der Waals surface area contributed by atoms with E-state index in [9.17, 15) is 18.0 Å². The lowest BCUT2D eigenvalue weighted by atomic mass is 10.1. The van der Waals surface area contributed by atoms with Gasteiger partial charge in [-0.15, -0.1) is 0 Å². The molecule has 0 aliphatic carbocycles. The molecule has 0 saturated carbocycles. The van der Waals surface area contributed by atoms with Crippen molar-refractivity contribution < 1.29 is 22.7 Å². The predicted octanol–water partition coefficient (Wildman–Crippen LogP) is 4.45. The number of methoxy groups -OCH3 is 1. The third-order valence-corrected chi connectivity index (χ3v) is 8.20. The van der Waals surface area contributed by atoms with Gasteiger partial charge in [-0.1, -0.05) is 61.0 Å². The number of benzene rings is 3. The normalized spacial score (nSPS) is 11.9. The molecule has 0 saturated heterocycles. The maximum atomic E-state index is 14.1. The Hall–Kier alpha value is -3.85. The van der Waals surface area contributed by atoms with Crippen LogP contribution in [-0.4, -0.2) is 51.4 Å². The van der Waals surface area contributed by atoms with Crippen LogP contribution in [0.1, 0.15) is 37.0 Å². The highest BCUT2D eigenvalue weighted by Crippen LogP contribution is 2.34. The number of ether oxygens (including phenoxy) is 1. The lowest BCUT2D eigenvalue weighted by Gasteiger charge is -2.33. The van der Waals surface area contributed by atoms with E-state index in [1.54, 1.807) is 24.3 Å². The van der Waals surface area contributed by atoms with E-state index in [4.69, 9.17) is 4.74 Å². The summed E-state index contributed by atoms with van der Waals surface area (Å²) in [7, 11) is -2.72. The summed E-state index contributed by atoms with van der Waals surface area (Å²) in [5.74, 6) is -0.476. The van der Waals surface area contributed by atoms with Crippen molar-refractivity contribution in [3.05, 3.63) is 89.5 Å². The molecule has 208 valence electrons. The van der Waals surface area contributed by atoms with Gasteiger partial charge >= 0.3 is 0 Å². The number of nitrogens with zero attached hydrogens (tertiary/aromatic N) is 2. The van der Waals surface area contributed by atoms with Gasteiger partial charge in [0.15, 0.2) is 0 Å². The highest BCUT2D eigenvalue weighted by atomic mass is 32.2. The zero-order valence-corrected chi connectivity index (χ0v) is 24.0. The maximum Gasteiger partial charge on any atom is 0.264 e. The number of hydrogen-bond acceptors (Lipinski definition) is 5. The second-order valence-electron chi connectivity index (χ2n) is 9.33. The van der Waals surface area contributed by atoms with Gasteiger partial charge in [0.25, 0.3) is 10.0 Å². The smallest absolute Gasteiger partial charge is 0.264 e. The molecule has 0 heterocycles. The molecule has 0 radical (unpaired) electrons. The molecule has 3 rings (SSSR count). The minimum atomic E-state index is -4.18. The van der Waals surface area contributed by atoms with E-state index in [1.165, 1.54) is 24.1 Å². The van der Waals surface area contributed by atoms with Crippen LogP contribution < -0.4 is 14.4 Å². The van der Waals surface area contributed by atoms with Crippen LogP contribution in [0.2, 0.25) is 0 Å². The molecule has 0 bridgehead atoms. The van der Waals surface area contributed by atoms with Crippen molar-refractivity contribution >= 4 is 27.5 Å². The summed E-state index contributed by atoms with van der Waals surface area (Å²) in [6, 6.07) is 20.2. The number of carbonyl (C=O) groups is 2. The van der Waals surface area contributed by atoms with Crippen molar-refractivity contribution in [1.82, 2.24) is 10.2 Å². The molecule has 0 spiro atoms. The van der Waals surface area contributed by atoms with Crippen molar-refractivity contribution in [2.75, 3.05) is 24.5 Å². The van der Waals surface area contributed by atoms with Gasteiger partial charge in [-0.05, 0) is 62.6 Å². The molecule has 2 amide bonds. The first kappa shape index (κ1) is 29.7. The third-order valence-electron chi connectivity index (χ3n) is 6.42. The standard InChI is InChI=1S/C30H37N3O5S/c1-6-26(30(35)31-7-2)32(20-24-11-9-8-10-12-24)29(34)21-33(27-19-23(4)15-18-28(27)38-5)39(36,37)25-16-13-22(3)14-17-25/h8-19,26H,6-7,20-21H2,1-5H3,(H,31,35). The van der Waals surface area contributed by atoms with E-state index < -0.39 is 28.5 Å². The number of aryl methyl sites for hydroxylation is 2.